The number of rotatable bonds is 4. The summed E-state index contributed by atoms with van der Waals surface area (Å²) in [6, 6.07) is 7.90. The average molecular weight is 289 g/mol. The molecule has 0 radical (unpaired) electrons. The molecule has 0 bridgehead atoms. The Bertz CT molecular complexity index is 463. The lowest BCUT2D eigenvalue weighted by atomic mass is 10.2. The Labute approximate surface area is 125 Å². The zero-order chi connectivity index (χ0) is 14.5. The molecule has 2 aliphatic heterocycles. The van der Waals surface area contributed by atoms with E-state index in [4.69, 9.17) is 4.74 Å². The number of hydrogen-bond donors (Lipinski definition) is 2. The number of ether oxygens (including phenoxy) is 1. The van der Waals surface area contributed by atoms with Crippen LogP contribution in [0.5, 0.6) is 0 Å². The molecule has 2 aliphatic rings. The van der Waals surface area contributed by atoms with Crippen molar-refractivity contribution in [1.29, 1.82) is 0 Å². The van der Waals surface area contributed by atoms with Crippen molar-refractivity contribution in [1.82, 2.24) is 10.2 Å². The lowest BCUT2D eigenvalue weighted by Gasteiger charge is -2.23. The number of nitrogens with zero attached hydrogens (tertiary/aromatic N) is 1. The number of carbonyl (C=O) groups is 1. The summed E-state index contributed by atoms with van der Waals surface area (Å²) in [5.74, 6) is -0.0259. The van der Waals surface area contributed by atoms with E-state index in [2.05, 4.69) is 27.7 Å². The van der Waals surface area contributed by atoms with Gasteiger partial charge in [-0.15, -0.1) is 0 Å². The summed E-state index contributed by atoms with van der Waals surface area (Å²) in [7, 11) is 0. The number of benzene rings is 1. The molecule has 2 N–H and O–H groups in total. The summed E-state index contributed by atoms with van der Waals surface area (Å²) < 4.78 is 5.31. The molecule has 0 saturated carbocycles. The predicted octanol–water partition coefficient (Wildman–Crippen LogP) is 1.21. The lowest BCUT2D eigenvalue weighted by molar-refractivity contribution is -0.120. The minimum absolute atomic E-state index is 0.0259. The smallest absolute Gasteiger partial charge is 0.243 e. The Balaban J connectivity index is 1.52. The van der Waals surface area contributed by atoms with Crippen molar-refractivity contribution < 1.29 is 9.53 Å². The highest BCUT2D eigenvalue weighted by molar-refractivity contribution is 5.95. The summed E-state index contributed by atoms with van der Waals surface area (Å²) >= 11 is 0. The third-order valence-corrected chi connectivity index (χ3v) is 4.06. The maximum atomic E-state index is 12.1. The number of likely N-dealkylation sites (tertiary alicyclic amines) is 1. The Hall–Kier alpha value is -1.43. The maximum Gasteiger partial charge on any atom is 0.243 e. The van der Waals surface area contributed by atoms with Gasteiger partial charge in [0.2, 0.25) is 5.91 Å². The second-order valence-electron chi connectivity index (χ2n) is 5.75. The van der Waals surface area contributed by atoms with Gasteiger partial charge in [0.1, 0.15) is 6.04 Å². The van der Waals surface area contributed by atoms with Crippen LogP contribution in [0.1, 0.15) is 18.4 Å². The zero-order valence-corrected chi connectivity index (χ0v) is 12.3. The van der Waals surface area contributed by atoms with Crippen molar-refractivity contribution in [2.75, 3.05) is 38.2 Å². The molecule has 114 valence electrons. The standard InChI is InChI=1S/C16H23N3O2/c20-16(15-12-21-10-7-17-15)18-14-5-3-13(4-6-14)11-19-8-1-2-9-19/h3-6,15,17H,1-2,7-12H2,(H,18,20). The fraction of sp³-hybridized carbons (Fsp3) is 0.562. The molecule has 0 spiro atoms. The van der Waals surface area contributed by atoms with Crippen molar-refractivity contribution in [2.24, 2.45) is 0 Å². The zero-order valence-electron chi connectivity index (χ0n) is 12.3. The molecule has 5 heteroatoms. The van der Waals surface area contributed by atoms with Gasteiger partial charge in [0.05, 0.1) is 13.2 Å². The number of nitrogens with one attached hydrogen (secondary N) is 2. The van der Waals surface area contributed by atoms with Gasteiger partial charge < -0.3 is 15.4 Å². The second kappa shape index (κ2) is 7.02. The van der Waals surface area contributed by atoms with Gasteiger partial charge in [0, 0.05) is 18.8 Å². The van der Waals surface area contributed by atoms with Crippen LogP contribution in [0.4, 0.5) is 5.69 Å². The monoisotopic (exact) mass is 289 g/mol. The molecule has 2 heterocycles. The first-order valence-corrected chi connectivity index (χ1v) is 7.74. The van der Waals surface area contributed by atoms with Gasteiger partial charge in [0.25, 0.3) is 0 Å². The van der Waals surface area contributed by atoms with Crippen LogP contribution in [0, 0.1) is 0 Å². The van der Waals surface area contributed by atoms with Crippen LogP contribution >= 0.6 is 0 Å². The van der Waals surface area contributed by atoms with Crippen LogP contribution < -0.4 is 10.6 Å². The molecule has 0 aromatic heterocycles. The van der Waals surface area contributed by atoms with E-state index < -0.39 is 0 Å². The number of morpholine rings is 1. The van der Waals surface area contributed by atoms with Gasteiger partial charge >= 0.3 is 0 Å². The molecule has 1 unspecified atom stereocenters. The fourth-order valence-corrected chi connectivity index (χ4v) is 2.86. The molecule has 1 aromatic rings. The van der Waals surface area contributed by atoms with E-state index >= 15 is 0 Å². The lowest BCUT2D eigenvalue weighted by Crippen LogP contribution is -2.48. The Morgan fingerprint density at radius 3 is 2.71 bits per heavy atom. The quantitative estimate of drug-likeness (QED) is 0.875. The third kappa shape index (κ3) is 4.03. The summed E-state index contributed by atoms with van der Waals surface area (Å²) in [5.41, 5.74) is 2.14. The molecular weight excluding hydrogens is 266 g/mol. The van der Waals surface area contributed by atoms with Crippen LogP contribution in [0.3, 0.4) is 0 Å². The van der Waals surface area contributed by atoms with E-state index in [9.17, 15) is 4.79 Å². The van der Waals surface area contributed by atoms with E-state index in [-0.39, 0.29) is 11.9 Å². The van der Waals surface area contributed by atoms with Gasteiger partial charge in [0.15, 0.2) is 0 Å². The number of amides is 1. The summed E-state index contributed by atoms with van der Waals surface area (Å²) in [4.78, 5) is 14.5. The van der Waals surface area contributed by atoms with Crippen LogP contribution in [-0.4, -0.2) is 49.7 Å². The molecule has 2 saturated heterocycles. The largest absolute Gasteiger partial charge is 0.378 e. The van der Waals surface area contributed by atoms with Crippen molar-refractivity contribution in [2.45, 2.75) is 25.4 Å². The van der Waals surface area contributed by atoms with Crippen LogP contribution in [-0.2, 0) is 16.1 Å². The van der Waals surface area contributed by atoms with Gasteiger partial charge in [-0.2, -0.15) is 0 Å². The minimum Gasteiger partial charge on any atom is -0.378 e. The minimum atomic E-state index is -0.247. The SMILES string of the molecule is O=C(Nc1ccc(CN2CCCC2)cc1)C1COCCN1. The number of hydrogen-bond acceptors (Lipinski definition) is 4. The van der Waals surface area contributed by atoms with Crippen molar-refractivity contribution in [3.8, 4) is 0 Å². The summed E-state index contributed by atoms with van der Waals surface area (Å²) in [5, 5.41) is 6.09. The Kier molecular flexibility index (Phi) is 4.85. The summed E-state index contributed by atoms with van der Waals surface area (Å²) in [6.07, 6.45) is 2.62. The van der Waals surface area contributed by atoms with E-state index in [1.165, 1.54) is 31.5 Å². The first kappa shape index (κ1) is 14.5. The fourth-order valence-electron chi connectivity index (χ4n) is 2.86. The molecule has 1 amide bonds. The third-order valence-electron chi connectivity index (χ3n) is 4.06. The van der Waals surface area contributed by atoms with Crippen molar-refractivity contribution in [3.63, 3.8) is 0 Å². The van der Waals surface area contributed by atoms with Gasteiger partial charge in [-0.05, 0) is 43.6 Å². The number of carbonyl (C=O) groups excluding carboxylic acids is 1. The molecule has 2 fully saturated rings. The molecule has 0 aliphatic carbocycles. The first-order chi connectivity index (χ1) is 10.3. The first-order valence-electron chi connectivity index (χ1n) is 7.74. The van der Waals surface area contributed by atoms with Crippen molar-refractivity contribution in [3.05, 3.63) is 29.8 Å². The second-order valence-corrected chi connectivity index (χ2v) is 5.75. The van der Waals surface area contributed by atoms with Crippen LogP contribution in [0.25, 0.3) is 0 Å². The molecular formula is C16H23N3O2. The van der Waals surface area contributed by atoms with E-state index in [0.717, 1.165) is 18.8 Å². The van der Waals surface area contributed by atoms with Crippen LogP contribution in [0.15, 0.2) is 24.3 Å². The van der Waals surface area contributed by atoms with E-state index in [1.807, 2.05) is 12.1 Å². The Morgan fingerprint density at radius 2 is 2.05 bits per heavy atom. The number of anilines is 1. The van der Waals surface area contributed by atoms with Gasteiger partial charge in [-0.25, -0.2) is 0 Å². The molecule has 5 nitrogen and oxygen atoms in total. The van der Waals surface area contributed by atoms with E-state index in [0.29, 0.717) is 13.2 Å². The molecule has 21 heavy (non-hydrogen) atoms. The molecule has 1 atom stereocenters. The van der Waals surface area contributed by atoms with Gasteiger partial charge in [-0.1, -0.05) is 12.1 Å². The molecule has 3 rings (SSSR count). The van der Waals surface area contributed by atoms with Crippen LogP contribution in [0.2, 0.25) is 0 Å². The summed E-state index contributed by atoms with van der Waals surface area (Å²) in [6.45, 7) is 5.25. The highest BCUT2D eigenvalue weighted by Crippen LogP contribution is 2.15. The predicted molar refractivity (Wildman–Crippen MR) is 82.2 cm³/mol. The van der Waals surface area contributed by atoms with E-state index in [1.54, 1.807) is 0 Å². The van der Waals surface area contributed by atoms with Crippen molar-refractivity contribution >= 4 is 11.6 Å². The maximum absolute atomic E-state index is 12.1. The Morgan fingerprint density at radius 1 is 1.29 bits per heavy atom. The highest BCUT2D eigenvalue weighted by atomic mass is 16.5. The average Bonchev–Trinajstić information content (AvgIpc) is 3.03. The van der Waals surface area contributed by atoms with Gasteiger partial charge in [-0.3, -0.25) is 9.69 Å². The molecule has 1 aromatic carbocycles. The topological polar surface area (TPSA) is 53.6 Å². The normalized spacial score (nSPS) is 23.1. The highest BCUT2D eigenvalue weighted by Gasteiger charge is 2.21.